The van der Waals surface area contributed by atoms with Gasteiger partial charge in [0.1, 0.15) is 0 Å². The Kier molecular flexibility index (Phi) is 6.52. The summed E-state index contributed by atoms with van der Waals surface area (Å²) in [5.41, 5.74) is 2.37. The van der Waals surface area contributed by atoms with Crippen molar-refractivity contribution in [3.63, 3.8) is 0 Å². The molecule has 1 saturated heterocycles. The molecule has 0 bridgehead atoms. The van der Waals surface area contributed by atoms with Gasteiger partial charge in [-0.05, 0) is 54.2 Å². The van der Waals surface area contributed by atoms with Crippen molar-refractivity contribution in [1.29, 1.82) is 0 Å². The molecule has 0 spiro atoms. The Labute approximate surface area is 167 Å². The Balaban J connectivity index is 1.78. The van der Waals surface area contributed by atoms with Crippen LogP contribution in [0.4, 0.5) is 0 Å². The zero-order chi connectivity index (χ0) is 20.1. The van der Waals surface area contributed by atoms with Crippen LogP contribution in [0.2, 0.25) is 0 Å². The molecule has 1 aliphatic heterocycles. The van der Waals surface area contributed by atoms with Gasteiger partial charge in [0.2, 0.25) is 10.0 Å². The van der Waals surface area contributed by atoms with Crippen molar-refractivity contribution in [2.45, 2.75) is 38.0 Å². The van der Waals surface area contributed by atoms with Crippen molar-refractivity contribution in [1.82, 2.24) is 9.62 Å². The highest BCUT2D eigenvalue weighted by Gasteiger charge is 2.25. The molecule has 1 fully saturated rings. The fourth-order valence-electron chi connectivity index (χ4n) is 3.31. The van der Waals surface area contributed by atoms with Crippen LogP contribution in [0, 0.1) is 5.92 Å². The fraction of sp³-hybridized carbons (Fsp3) is 0.409. The van der Waals surface area contributed by atoms with Crippen molar-refractivity contribution in [2.75, 3.05) is 19.6 Å². The molecule has 0 saturated carbocycles. The minimum absolute atomic E-state index is 0.0974. The molecule has 2 aromatic carbocycles. The lowest BCUT2D eigenvalue weighted by Crippen LogP contribution is -2.35. The van der Waals surface area contributed by atoms with Crippen molar-refractivity contribution in [3.8, 4) is 11.1 Å². The molecule has 2 aromatic rings. The van der Waals surface area contributed by atoms with Crippen LogP contribution < -0.4 is 5.32 Å². The average Bonchev–Trinajstić information content (AvgIpc) is 2.73. The first-order valence-electron chi connectivity index (χ1n) is 9.87. The second-order valence-electron chi connectivity index (χ2n) is 7.67. The van der Waals surface area contributed by atoms with E-state index < -0.39 is 10.0 Å². The maximum absolute atomic E-state index is 12.8. The number of hydrogen-bond donors (Lipinski definition) is 1. The first-order valence-corrected chi connectivity index (χ1v) is 11.3. The minimum atomic E-state index is -3.43. The third-order valence-corrected chi connectivity index (χ3v) is 6.85. The zero-order valence-corrected chi connectivity index (χ0v) is 17.3. The van der Waals surface area contributed by atoms with Gasteiger partial charge in [-0.15, -0.1) is 0 Å². The van der Waals surface area contributed by atoms with E-state index in [4.69, 9.17) is 0 Å². The van der Waals surface area contributed by atoms with Gasteiger partial charge < -0.3 is 5.32 Å². The number of piperidine rings is 1. The largest absolute Gasteiger partial charge is 0.352 e. The standard InChI is InChI=1S/C22H28N2O3S/c1-17(2)16-23-22(25)20-8-6-7-19(15-20)18-9-11-21(12-10-18)28(26,27)24-13-4-3-5-14-24/h6-12,15,17H,3-5,13-14,16H2,1-2H3,(H,23,25). The molecule has 1 amide bonds. The molecule has 28 heavy (non-hydrogen) atoms. The molecule has 0 radical (unpaired) electrons. The summed E-state index contributed by atoms with van der Waals surface area (Å²) >= 11 is 0. The van der Waals surface area contributed by atoms with Gasteiger partial charge in [-0.2, -0.15) is 4.31 Å². The smallest absolute Gasteiger partial charge is 0.251 e. The normalized spacial score (nSPS) is 15.5. The first-order chi connectivity index (χ1) is 13.4. The summed E-state index contributed by atoms with van der Waals surface area (Å²) in [5, 5.41) is 2.92. The molecule has 1 N–H and O–H groups in total. The Morgan fingerprint density at radius 3 is 2.32 bits per heavy atom. The summed E-state index contributed by atoms with van der Waals surface area (Å²) in [6, 6.07) is 14.3. The molecule has 1 heterocycles. The highest BCUT2D eigenvalue weighted by molar-refractivity contribution is 7.89. The van der Waals surface area contributed by atoms with E-state index in [9.17, 15) is 13.2 Å². The lowest BCUT2D eigenvalue weighted by molar-refractivity contribution is 0.0949. The summed E-state index contributed by atoms with van der Waals surface area (Å²) in [6.45, 7) is 5.92. The molecule has 0 aliphatic carbocycles. The van der Waals surface area contributed by atoms with E-state index in [1.807, 2.05) is 30.3 Å². The third kappa shape index (κ3) is 4.80. The Hall–Kier alpha value is -2.18. The molecule has 5 nitrogen and oxygen atoms in total. The van der Waals surface area contributed by atoms with Crippen molar-refractivity contribution in [3.05, 3.63) is 54.1 Å². The predicted octanol–water partition coefficient (Wildman–Crippen LogP) is 3.91. The predicted molar refractivity (Wildman–Crippen MR) is 112 cm³/mol. The fourth-order valence-corrected chi connectivity index (χ4v) is 4.83. The topological polar surface area (TPSA) is 66.5 Å². The highest BCUT2D eigenvalue weighted by Crippen LogP contribution is 2.25. The summed E-state index contributed by atoms with van der Waals surface area (Å²) in [6.07, 6.45) is 2.93. The average molecular weight is 401 g/mol. The van der Waals surface area contributed by atoms with E-state index >= 15 is 0 Å². The number of amides is 1. The number of rotatable bonds is 6. The van der Waals surface area contributed by atoms with Gasteiger partial charge in [0, 0.05) is 25.2 Å². The van der Waals surface area contributed by atoms with Gasteiger partial charge in [0.05, 0.1) is 4.90 Å². The molecule has 6 heteroatoms. The Morgan fingerprint density at radius 2 is 1.68 bits per heavy atom. The third-order valence-electron chi connectivity index (χ3n) is 4.94. The van der Waals surface area contributed by atoms with Gasteiger partial charge in [-0.3, -0.25) is 4.79 Å². The van der Waals surface area contributed by atoms with E-state index in [1.54, 1.807) is 22.5 Å². The van der Waals surface area contributed by atoms with E-state index in [1.165, 1.54) is 0 Å². The molecule has 0 unspecified atom stereocenters. The second-order valence-corrected chi connectivity index (χ2v) is 9.61. The highest BCUT2D eigenvalue weighted by atomic mass is 32.2. The van der Waals surface area contributed by atoms with Crippen molar-refractivity contribution < 1.29 is 13.2 Å². The quantitative estimate of drug-likeness (QED) is 0.799. The Morgan fingerprint density at radius 1 is 1.00 bits per heavy atom. The molecule has 150 valence electrons. The maximum atomic E-state index is 12.8. The number of hydrogen-bond acceptors (Lipinski definition) is 3. The van der Waals surface area contributed by atoms with E-state index in [0.29, 0.717) is 36.0 Å². The van der Waals surface area contributed by atoms with E-state index in [0.717, 1.165) is 30.4 Å². The first kappa shape index (κ1) is 20.6. The summed E-state index contributed by atoms with van der Waals surface area (Å²) in [5.74, 6) is 0.293. The zero-order valence-electron chi connectivity index (χ0n) is 16.5. The lowest BCUT2D eigenvalue weighted by atomic mass is 10.0. The number of benzene rings is 2. The van der Waals surface area contributed by atoms with Crippen LogP contribution in [0.1, 0.15) is 43.5 Å². The lowest BCUT2D eigenvalue weighted by Gasteiger charge is -2.25. The van der Waals surface area contributed by atoms with Gasteiger partial charge in [0.25, 0.3) is 5.91 Å². The maximum Gasteiger partial charge on any atom is 0.251 e. The van der Waals surface area contributed by atoms with Crippen LogP contribution in [0.15, 0.2) is 53.4 Å². The summed E-state index contributed by atoms with van der Waals surface area (Å²) < 4.78 is 27.1. The van der Waals surface area contributed by atoms with Gasteiger partial charge >= 0.3 is 0 Å². The number of carbonyl (C=O) groups is 1. The SMILES string of the molecule is CC(C)CNC(=O)c1cccc(-c2ccc(S(=O)(=O)N3CCCCC3)cc2)c1. The van der Waals surface area contributed by atoms with Crippen LogP contribution >= 0.6 is 0 Å². The van der Waals surface area contributed by atoms with Crippen molar-refractivity contribution in [2.24, 2.45) is 5.92 Å². The molecule has 1 aliphatic rings. The number of carbonyl (C=O) groups excluding carboxylic acids is 1. The van der Waals surface area contributed by atoms with Crippen LogP contribution in [0.25, 0.3) is 11.1 Å². The molecule has 3 rings (SSSR count). The summed E-state index contributed by atoms with van der Waals surface area (Å²) in [7, 11) is -3.43. The molecule has 0 atom stereocenters. The molecular formula is C22H28N2O3S. The van der Waals surface area contributed by atoms with Gasteiger partial charge in [0.15, 0.2) is 0 Å². The monoisotopic (exact) mass is 400 g/mol. The van der Waals surface area contributed by atoms with Crippen LogP contribution in [0.3, 0.4) is 0 Å². The minimum Gasteiger partial charge on any atom is -0.352 e. The second kappa shape index (κ2) is 8.88. The van der Waals surface area contributed by atoms with Crippen LogP contribution in [-0.2, 0) is 10.0 Å². The van der Waals surface area contributed by atoms with Crippen molar-refractivity contribution >= 4 is 15.9 Å². The number of sulfonamides is 1. The van der Waals surface area contributed by atoms with Crippen LogP contribution in [-0.4, -0.2) is 38.3 Å². The van der Waals surface area contributed by atoms with Crippen LogP contribution in [0.5, 0.6) is 0 Å². The van der Waals surface area contributed by atoms with Gasteiger partial charge in [-0.25, -0.2) is 8.42 Å². The summed E-state index contributed by atoms with van der Waals surface area (Å²) in [4.78, 5) is 12.6. The molecular weight excluding hydrogens is 372 g/mol. The van der Waals surface area contributed by atoms with Gasteiger partial charge in [-0.1, -0.05) is 44.5 Å². The number of nitrogens with zero attached hydrogens (tertiary/aromatic N) is 1. The van der Waals surface area contributed by atoms with E-state index in [-0.39, 0.29) is 5.91 Å². The number of nitrogens with one attached hydrogen (secondary N) is 1. The Bertz CT molecular complexity index is 915. The molecule has 0 aromatic heterocycles. The van der Waals surface area contributed by atoms with E-state index in [2.05, 4.69) is 19.2 Å².